The summed E-state index contributed by atoms with van der Waals surface area (Å²) in [5, 5.41) is 3.22. The number of benzene rings is 1. The molecule has 2 atom stereocenters. The molecular weight excluding hydrogens is 538 g/mol. The lowest BCUT2D eigenvalue weighted by Crippen LogP contribution is -2.52. The first kappa shape index (κ1) is 38.7. The van der Waals surface area contributed by atoms with Crippen molar-refractivity contribution in [1.82, 2.24) is 5.32 Å². The van der Waals surface area contributed by atoms with Crippen molar-refractivity contribution in [2.24, 2.45) is 0 Å². The molecule has 5 nitrogen and oxygen atoms in total. The molecule has 244 valence electrons. The average molecular weight is 606 g/mol. The second-order valence-electron chi connectivity index (χ2n) is 14.7. The van der Waals surface area contributed by atoms with Crippen LogP contribution >= 0.6 is 0 Å². The molecule has 0 aliphatic carbocycles. The second-order valence-corrected chi connectivity index (χ2v) is 19.5. The van der Waals surface area contributed by atoms with Gasteiger partial charge in [0.1, 0.15) is 5.60 Å². The van der Waals surface area contributed by atoms with Crippen molar-refractivity contribution in [1.29, 1.82) is 0 Å². The lowest BCUT2D eigenvalue weighted by atomic mass is 10.0. The predicted octanol–water partition coefficient (Wildman–Crippen LogP) is 11.0. The number of amides is 1. The molecule has 0 aliphatic rings. The van der Waals surface area contributed by atoms with Crippen LogP contribution in [0.2, 0.25) is 18.1 Å². The van der Waals surface area contributed by atoms with Crippen molar-refractivity contribution in [3.8, 4) is 0 Å². The molecule has 1 amide bonds. The molecule has 0 heterocycles. The number of carbonyl (C=O) groups is 1. The average Bonchev–Trinajstić information content (AvgIpc) is 2.90. The summed E-state index contributed by atoms with van der Waals surface area (Å²) in [5.74, 6) is 0. The van der Waals surface area contributed by atoms with Crippen molar-refractivity contribution < 1.29 is 18.7 Å². The van der Waals surface area contributed by atoms with Crippen molar-refractivity contribution in [3.63, 3.8) is 0 Å². The van der Waals surface area contributed by atoms with Crippen molar-refractivity contribution in [2.75, 3.05) is 6.61 Å². The predicted molar refractivity (Wildman–Crippen MR) is 182 cm³/mol. The van der Waals surface area contributed by atoms with Crippen molar-refractivity contribution in [3.05, 3.63) is 35.9 Å². The molecule has 0 saturated heterocycles. The van der Waals surface area contributed by atoms with Crippen molar-refractivity contribution in [2.45, 2.75) is 181 Å². The van der Waals surface area contributed by atoms with Crippen LogP contribution in [0.4, 0.5) is 4.79 Å². The fourth-order valence-corrected chi connectivity index (χ4v) is 5.79. The Morgan fingerprint density at radius 3 is 1.76 bits per heavy atom. The van der Waals surface area contributed by atoms with E-state index in [1.807, 2.05) is 39.0 Å². The molecule has 0 unspecified atom stereocenters. The molecule has 1 aromatic rings. The van der Waals surface area contributed by atoms with E-state index in [0.29, 0.717) is 13.2 Å². The molecule has 6 heteroatoms. The minimum atomic E-state index is -2.02. The van der Waals surface area contributed by atoms with Crippen LogP contribution in [0.15, 0.2) is 30.3 Å². The van der Waals surface area contributed by atoms with Gasteiger partial charge >= 0.3 is 6.09 Å². The van der Waals surface area contributed by atoms with E-state index < -0.39 is 20.0 Å². The Balaban J connectivity index is 2.73. The van der Waals surface area contributed by atoms with Crippen LogP contribution in [0.25, 0.3) is 0 Å². The van der Waals surface area contributed by atoms with E-state index in [2.05, 4.69) is 58.2 Å². The fraction of sp³-hybridized carbons (Fsp3) is 0.806. The summed E-state index contributed by atoms with van der Waals surface area (Å²) in [6.07, 6.45) is 17.5. The van der Waals surface area contributed by atoms with Gasteiger partial charge in [-0.1, -0.05) is 141 Å². The lowest BCUT2D eigenvalue weighted by Gasteiger charge is -2.38. The van der Waals surface area contributed by atoms with Crippen LogP contribution in [0.1, 0.15) is 144 Å². The van der Waals surface area contributed by atoms with E-state index in [4.69, 9.17) is 13.9 Å². The first-order chi connectivity index (χ1) is 19.7. The summed E-state index contributed by atoms with van der Waals surface area (Å²) in [6, 6.07) is 9.99. The Kier molecular flexibility index (Phi) is 18.9. The minimum absolute atomic E-state index is 0.0823. The number of alkyl carbamates (subject to hydrolysis) is 1. The molecule has 0 bridgehead atoms. The number of hydrogen-bond acceptors (Lipinski definition) is 4. The minimum Gasteiger partial charge on any atom is -0.444 e. The number of carbonyl (C=O) groups excluding carboxylic acids is 1. The van der Waals surface area contributed by atoms with Gasteiger partial charge in [-0.15, -0.1) is 0 Å². The highest BCUT2D eigenvalue weighted by Gasteiger charge is 2.39. The van der Waals surface area contributed by atoms with Crippen LogP contribution < -0.4 is 5.32 Å². The lowest BCUT2D eigenvalue weighted by molar-refractivity contribution is -0.0108. The van der Waals surface area contributed by atoms with Gasteiger partial charge in [-0.2, -0.15) is 0 Å². The van der Waals surface area contributed by atoms with Gasteiger partial charge < -0.3 is 19.2 Å². The quantitative estimate of drug-likeness (QED) is 0.105. The standard InChI is InChI=1S/C36H67NO4Si/c1-10-11-12-13-14-15-16-17-18-19-20-21-25-28-33(39-29-31-26-23-22-24-27-31)32(37-34(38)41-35(2,3)4)30-40-42(8,9)36(5,6)7/h22-24,26-27,32-33H,10-21,25,28-30H2,1-9H3,(H,37,38)/t32-,33+/m0/s1. The highest BCUT2D eigenvalue weighted by Crippen LogP contribution is 2.36. The third-order valence-electron chi connectivity index (χ3n) is 8.48. The van der Waals surface area contributed by atoms with Gasteiger partial charge in [0.25, 0.3) is 0 Å². The van der Waals surface area contributed by atoms with E-state index in [0.717, 1.165) is 18.4 Å². The number of hydrogen-bond donors (Lipinski definition) is 1. The van der Waals surface area contributed by atoms with Gasteiger partial charge in [-0.25, -0.2) is 4.79 Å². The maximum atomic E-state index is 12.9. The molecule has 0 spiro atoms. The third kappa shape index (κ3) is 18.3. The zero-order valence-corrected chi connectivity index (χ0v) is 30.0. The van der Waals surface area contributed by atoms with Gasteiger partial charge in [0.05, 0.1) is 25.4 Å². The van der Waals surface area contributed by atoms with Crippen molar-refractivity contribution >= 4 is 14.4 Å². The topological polar surface area (TPSA) is 56.8 Å². The molecule has 1 rings (SSSR count). The number of unbranched alkanes of at least 4 members (excludes halogenated alkanes) is 12. The van der Waals surface area contributed by atoms with E-state index in [9.17, 15) is 4.79 Å². The highest BCUT2D eigenvalue weighted by atomic mass is 28.4. The number of nitrogens with one attached hydrogen (secondary N) is 1. The van der Waals surface area contributed by atoms with E-state index in [1.54, 1.807) is 0 Å². The molecule has 42 heavy (non-hydrogen) atoms. The van der Waals surface area contributed by atoms with Gasteiger partial charge in [0.2, 0.25) is 0 Å². The largest absolute Gasteiger partial charge is 0.444 e. The van der Waals surface area contributed by atoms with Gasteiger partial charge in [0, 0.05) is 0 Å². The van der Waals surface area contributed by atoms with Gasteiger partial charge in [-0.05, 0) is 50.9 Å². The summed E-state index contributed by atoms with van der Waals surface area (Å²) >= 11 is 0. The monoisotopic (exact) mass is 605 g/mol. The summed E-state index contributed by atoms with van der Waals surface area (Å²) in [4.78, 5) is 12.9. The molecule has 0 radical (unpaired) electrons. The van der Waals surface area contributed by atoms with Gasteiger partial charge in [-0.3, -0.25) is 0 Å². The highest BCUT2D eigenvalue weighted by molar-refractivity contribution is 6.74. The van der Waals surface area contributed by atoms with Crippen LogP contribution in [-0.4, -0.2) is 38.8 Å². The Labute approximate surface area is 261 Å². The number of rotatable bonds is 22. The molecule has 1 N–H and O–H groups in total. The molecule has 0 aromatic heterocycles. The molecule has 0 aliphatic heterocycles. The first-order valence-electron chi connectivity index (χ1n) is 17.0. The van der Waals surface area contributed by atoms with Crippen LogP contribution in [0.5, 0.6) is 0 Å². The Hall–Kier alpha value is -1.37. The zero-order chi connectivity index (χ0) is 31.5. The Morgan fingerprint density at radius 1 is 0.786 bits per heavy atom. The van der Waals surface area contributed by atoms with E-state index >= 15 is 0 Å². The fourth-order valence-electron chi connectivity index (χ4n) is 4.76. The molecular formula is C36H67NO4Si. The molecule has 1 aromatic carbocycles. The Morgan fingerprint density at radius 2 is 1.29 bits per heavy atom. The first-order valence-corrected chi connectivity index (χ1v) is 19.9. The number of ether oxygens (including phenoxy) is 2. The Bertz CT molecular complexity index is 816. The summed E-state index contributed by atoms with van der Waals surface area (Å²) in [5.41, 5.74) is 0.568. The van der Waals surface area contributed by atoms with Crippen LogP contribution in [0.3, 0.4) is 0 Å². The van der Waals surface area contributed by atoms with Gasteiger partial charge in [0.15, 0.2) is 8.32 Å². The van der Waals surface area contributed by atoms with E-state index in [-0.39, 0.29) is 17.2 Å². The van der Waals surface area contributed by atoms with E-state index in [1.165, 1.54) is 77.0 Å². The molecule has 0 fully saturated rings. The van der Waals surface area contributed by atoms with Crippen LogP contribution in [-0.2, 0) is 20.5 Å². The SMILES string of the molecule is CCCCCCCCCCCCCCC[C@@H](OCc1ccccc1)[C@H](CO[Si](C)(C)C(C)(C)C)NC(=O)OC(C)(C)C. The zero-order valence-electron chi connectivity index (χ0n) is 29.0. The van der Waals surface area contributed by atoms with Crippen LogP contribution in [0, 0.1) is 0 Å². The maximum Gasteiger partial charge on any atom is 0.408 e. The summed E-state index contributed by atoms with van der Waals surface area (Å²) in [6.45, 7) is 20.1. The maximum absolute atomic E-state index is 12.9. The molecule has 0 saturated carbocycles. The third-order valence-corrected chi connectivity index (χ3v) is 13.0. The summed E-state index contributed by atoms with van der Waals surface area (Å²) < 4.78 is 18.8. The second kappa shape index (κ2) is 20.6. The smallest absolute Gasteiger partial charge is 0.408 e. The summed E-state index contributed by atoms with van der Waals surface area (Å²) in [7, 11) is -2.02. The normalized spacial score (nSPS) is 14.0.